The van der Waals surface area contributed by atoms with Gasteiger partial charge in [-0.3, -0.25) is 4.79 Å². The molecular formula is C9H19NO2S. The van der Waals surface area contributed by atoms with Crippen LogP contribution in [0.3, 0.4) is 0 Å². The molecule has 3 nitrogen and oxygen atoms in total. The molecule has 0 unspecified atom stereocenters. The summed E-state index contributed by atoms with van der Waals surface area (Å²) in [5, 5.41) is 0.592. The van der Waals surface area contributed by atoms with Crippen LogP contribution in [0.1, 0.15) is 27.2 Å². The Balaban J connectivity index is 3.49. The molecule has 0 fully saturated rings. The van der Waals surface area contributed by atoms with Crippen molar-refractivity contribution in [1.29, 1.82) is 0 Å². The lowest BCUT2D eigenvalue weighted by atomic mass is 10.2. The van der Waals surface area contributed by atoms with Gasteiger partial charge in [-0.15, -0.1) is 0 Å². The topological polar surface area (TPSA) is 52.3 Å². The number of carbonyl (C=O) groups is 1. The standard InChI is InChI=1S/C9H19NO2S/c1-4-12-9(11)8(10)5-6-13-7(2)3/h7-8H,4-6,10H2,1-3H3/t8-/m0/s1. The van der Waals surface area contributed by atoms with E-state index in [-0.39, 0.29) is 5.97 Å². The molecule has 1 atom stereocenters. The lowest BCUT2D eigenvalue weighted by molar-refractivity contribution is -0.144. The predicted octanol–water partition coefficient (Wildman–Crippen LogP) is 1.41. The van der Waals surface area contributed by atoms with Crippen LogP contribution in [0.5, 0.6) is 0 Å². The van der Waals surface area contributed by atoms with E-state index in [4.69, 9.17) is 10.5 Å². The van der Waals surface area contributed by atoms with E-state index < -0.39 is 6.04 Å². The quantitative estimate of drug-likeness (QED) is 0.666. The van der Waals surface area contributed by atoms with Gasteiger partial charge >= 0.3 is 5.97 Å². The monoisotopic (exact) mass is 205 g/mol. The summed E-state index contributed by atoms with van der Waals surface area (Å²) in [5.41, 5.74) is 5.60. The average molecular weight is 205 g/mol. The SMILES string of the molecule is CCOC(=O)[C@@H](N)CCSC(C)C. The van der Waals surface area contributed by atoms with E-state index in [1.807, 2.05) is 11.8 Å². The van der Waals surface area contributed by atoms with Gasteiger partial charge in [0.15, 0.2) is 0 Å². The summed E-state index contributed by atoms with van der Waals surface area (Å²) in [7, 11) is 0. The maximum Gasteiger partial charge on any atom is 0.322 e. The van der Waals surface area contributed by atoms with Gasteiger partial charge < -0.3 is 10.5 Å². The van der Waals surface area contributed by atoms with Gasteiger partial charge in [-0.25, -0.2) is 0 Å². The number of esters is 1. The molecule has 0 amide bonds. The Kier molecular flexibility index (Phi) is 7.09. The molecule has 0 saturated heterocycles. The second-order valence-electron chi connectivity index (χ2n) is 3.07. The highest BCUT2D eigenvalue weighted by atomic mass is 32.2. The molecule has 0 rings (SSSR count). The number of nitrogens with two attached hydrogens (primary N) is 1. The highest BCUT2D eigenvalue weighted by Crippen LogP contribution is 2.11. The molecule has 0 spiro atoms. The third kappa shape index (κ3) is 6.90. The molecule has 0 bridgehead atoms. The largest absolute Gasteiger partial charge is 0.465 e. The first-order valence-corrected chi connectivity index (χ1v) is 5.66. The first kappa shape index (κ1) is 12.8. The van der Waals surface area contributed by atoms with Gasteiger partial charge in [-0.1, -0.05) is 13.8 Å². The summed E-state index contributed by atoms with van der Waals surface area (Å²) in [6, 6.07) is -0.453. The zero-order chi connectivity index (χ0) is 10.3. The molecule has 0 aromatic rings. The van der Waals surface area contributed by atoms with E-state index in [0.29, 0.717) is 18.3 Å². The van der Waals surface area contributed by atoms with Gasteiger partial charge in [-0.2, -0.15) is 11.8 Å². The van der Waals surface area contributed by atoms with Crippen LogP contribution in [0.15, 0.2) is 0 Å². The summed E-state index contributed by atoms with van der Waals surface area (Å²) in [5.74, 6) is 0.629. The normalized spacial score (nSPS) is 13.0. The van der Waals surface area contributed by atoms with E-state index in [1.54, 1.807) is 6.92 Å². The molecule has 0 aliphatic heterocycles. The van der Waals surface area contributed by atoms with E-state index in [0.717, 1.165) is 5.75 Å². The molecule has 13 heavy (non-hydrogen) atoms. The van der Waals surface area contributed by atoms with Crippen molar-refractivity contribution in [1.82, 2.24) is 0 Å². The van der Waals surface area contributed by atoms with Crippen molar-refractivity contribution in [2.24, 2.45) is 5.73 Å². The number of rotatable bonds is 6. The minimum Gasteiger partial charge on any atom is -0.465 e. The van der Waals surface area contributed by atoms with E-state index in [9.17, 15) is 4.79 Å². The molecule has 4 heteroatoms. The lowest BCUT2D eigenvalue weighted by Gasteiger charge is -2.10. The number of carbonyl (C=O) groups excluding carboxylic acids is 1. The third-order valence-electron chi connectivity index (χ3n) is 1.47. The molecule has 0 aromatic carbocycles. The molecule has 0 aliphatic carbocycles. The third-order valence-corrected chi connectivity index (χ3v) is 2.61. The van der Waals surface area contributed by atoms with Gasteiger partial charge in [0.25, 0.3) is 0 Å². The summed E-state index contributed by atoms with van der Waals surface area (Å²) in [4.78, 5) is 11.1. The second kappa shape index (κ2) is 7.21. The second-order valence-corrected chi connectivity index (χ2v) is 4.75. The lowest BCUT2D eigenvalue weighted by Crippen LogP contribution is -2.32. The molecule has 0 aromatic heterocycles. The molecule has 0 heterocycles. The first-order valence-electron chi connectivity index (χ1n) is 4.61. The Morgan fingerprint density at radius 3 is 2.62 bits per heavy atom. The fourth-order valence-electron chi connectivity index (χ4n) is 0.798. The van der Waals surface area contributed by atoms with Crippen LogP contribution in [-0.2, 0) is 9.53 Å². The van der Waals surface area contributed by atoms with E-state index >= 15 is 0 Å². The fourth-order valence-corrected chi connectivity index (χ4v) is 1.66. The molecule has 0 aliphatic rings. The van der Waals surface area contributed by atoms with Gasteiger partial charge in [0.2, 0.25) is 0 Å². The summed E-state index contributed by atoms with van der Waals surface area (Å²) in [6.45, 7) is 6.44. The average Bonchev–Trinajstić information content (AvgIpc) is 2.04. The Morgan fingerprint density at radius 2 is 2.15 bits per heavy atom. The van der Waals surface area contributed by atoms with Crippen molar-refractivity contribution in [3.8, 4) is 0 Å². The highest BCUT2D eigenvalue weighted by molar-refractivity contribution is 7.99. The molecule has 0 saturated carbocycles. The van der Waals surface area contributed by atoms with E-state index in [2.05, 4.69) is 13.8 Å². The Hall–Kier alpha value is -0.220. The summed E-state index contributed by atoms with van der Waals surface area (Å²) >= 11 is 1.81. The summed E-state index contributed by atoms with van der Waals surface area (Å²) < 4.78 is 4.79. The van der Waals surface area contributed by atoms with Gasteiger partial charge in [0, 0.05) is 0 Å². The van der Waals surface area contributed by atoms with Crippen LogP contribution in [0.25, 0.3) is 0 Å². The Labute approximate surface area is 84.4 Å². The molecule has 0 radical (unpaired) electrons. The summed E-state index contributed by atoms with van der Waals surface area (Å²) in [6.07, 6.45) is 0.696. The first-order chi connectivity index (χ1) is 6.07. The Bertz CT molecular complexity index is 151. The van der Waals surface area contributed by atoms with Gasteiger partial charge in [0.1, 0.15) is 6.04 Å². The maximum absolute atomic E-state index is 11.1. The highest BCUT2D eigenvalue weighted by Gasteiger charge is 2.13. The Morgan fingerprint density at radius 1 is 1.54 bits per heavy atom. The van der Waals surface area contributed by atoms with Crippen molar-refractivity contribution in [3.63, 3.8) is 0 Å². The zero-order valence-corrected chi connectivity index (χ0v) is 9.39. The van der Waals surface area contributed by atoms with Crippen LogP contribution >= 0.6 is 11.8 Å². The predicted molar refractivity (Wildman–Crippen MR) is 56.8 cm³/mol. The number of thioether (sulfide) groups is 1. The van der Waals surface area contributed by atoms with Gasteiger partial charge in [0.05, 0.1) is 6.61 Å². The van der Waals surface area contributed by atoms with Crippen LogP contribution in [0, 0.1) is 0 Å². The van der Waals surface area contributed by atoms with E-state index in [1.165, 1.54) is 0 Å². The minimum absolute atomic E-state index is 0.285. The molecule has 78 valence electrons. The minimum atomic E-state index is -0.453. The number of hydrogen-bond acceptors (Lipinski definition) is 4. The van der Waals surface area contributed by atoms with Crippen molar-refractivity contribution in [3.05, 3.63) is 0 Å². The van der Waals surface area contributed by atoms with Crippen LogP contribution in [0.4, 0.5) is 0 Å². The van der Waals surface area contributed by atoms with Crippen molar-refractivity contribution in [2.45, 2.75) is 38.5 Å². The maximum atomic E-state index is 11.1. The van der Waals surface area contributed by atoms with Crippen molar-refractivity contribution in [2.75, 3.05) is 12.4 Å². The van der Waals surface area contributed by atoms with Crippen molar-refractivity contribution >= 4 is 17.7 Å². The zero-order valence-electron chi connectivity index (χ0n) is 8.58. The smallest absolute Gasteiger partial charge is 0.322 e. The fraction of sp³-hybridized carbons (Fsp3) is 0.889. The number of hydrogen-bond donors (Lipinski definition) is 1. The van der Waals surface area contributed by atoms with Gasteiger partial charge in [-0.05, 0) is 24.3 Å². The van der Waals surface area contributed by atoms with Crippen LogP contribution in [-0.4, -0.2) is 29.6 Å². The number of ether oxygens (including phenoxy) is 1. The molecule has 2 N–H and O–H groups in total. The van der Waals surface area contributed by atoms with Crippen LogP contribution in [0.2, 0.25) is 0 Å². The van der Waals surface area contributed by atoms with Crippen LogP contribution < -0.4 is 5.73 Å². The van der Waals surface area contributed by atoms with Crippen molar-refractivity contribution < 1.29 is 9.53 Å². The molecular weight excluding hydrogens is 186 g/mol.